The van der Waals surface area contributed by atoms with E-state index >= 15 is 0 Å². The highest BCUT2D eigenvalue weighted by Crippen LogP contribution is 2.20. The number of hydrogen-bond donors (Lipinski definition) is 0. The van der Waals surface area contributed by atoms with Gasteiger partial charge in [0.05, 0.1) is 6.04 Å². The minimum absolute atomic E-state index is 0.0454. The number of carbonyl (C=O) groups excluding carboxylic acids is 1. The lowest BCUT2D eigenvalue weighted by Gasteiger charge is -2.34. The standard InChI is InChI=1S/C15H20ClNO/c1-11-6-8-17(9-7-11)12(2)15(18)13-4-3-5-14(16)10-13/h3-5,10-12H,6-9H2,1-2H3. The van der Waals surface area contributed by atoms with Crippen molar-refractivity contribution < 1.29 is 4.79 Å². The van der Waals surface area contributed by atoms with E-state index in [1.807, 2.05) is 19.1 Å². The highest BCUT2D eigenvalue weighted by molar-refractivity contribution is 6.31. The third-order valence-electron chi connectivity index (χ3n) is 3.85. The van der Waals surface area contributed by atoms with Gasteiger partial charge in [0.25, 0.3) is 0 Å². The molecule has 3 heteroatoms. The van der Waals surface area contributed by atoms with E-state index < -0.39 is 0 Å². The Labute approximate surface area is 114 Å². The maximum atomic E-state index is 12.4. The maximum Gasteiger partial charge on any atom is 0.179 e. The smallest absolute Gasteiger partial charge is 0.179 e. The van der Waals surface area contributed by atoms with Crippen molar-refractivity contribution in [1.82, 2.24) is 4.90 Å². The van der Waals surface area contributed by atoms with Gasteiger partial charge >= 0.3 is 0 Å². The zero-order chi connectivity index (χ0) is 13.1. The highest BCUT2D eigenvalue weighted by Gasteiger charge is 2.25. The molecule has 0 amide bonds. The van der Waals surface area contributed by atoms with Crippen LogP contribution in [0.1, 0.15) is 37.0 Å². The lowest BCUT2D eigenvalue weighted by molar-refractivity contribution is 0.0779. The van der Waals surface area contributed by atoms with Gasteiger partial charge < -0.3 is 0 Å². The van der Waals surface area contributed by atoms with Crippen LogP contribution in [0.3, 0.4) is 0 Å². The molecule has 0 saturated carbocycles. The summed E-state index contributed by atoms with van der Waals surface area (Å²) in [7, 11) is 0. The number of rotatable bonds is 3. The molecular weight excluding hydrogens is 246 g/mol. The number of halogens is 1. The van der Waals surface area contributed by atoms with Crippen molar-refractivity contribution in [1.29, 1.82) is 0 Å². The minimum atomic E-state index is -0.0454. The van der Waals surface area contributed by atoms with E-state index in [1.165, 1.54) is 12.8 Å². The molecule has 0 spiro atoms. The molecule has 0 radical (unpaired) electrons. The molecule has 98 valence electrons. The first-order valence-corrected chi connectivity index (χ1v) is 6.99. The van der Waals surface area contributed by atoms with Gasteiger partial charge in [-0.25, -0.2) is 0 Å². The van der Waals surface area contributed by atoms with Crippen LogP contribution in [0.4, 0.5) is 0 Å². The number of piperidine rings is 1. The van der Waals surface area contributed by atoms with E-state index in [-0.39, 0.29) is 11.8 Å². The van der Waals surface area contributed by atoms with E-state index in [9.17, 15) is 4.79 Å². The van der Waals surface area contributed by atoms with E-state index in [2.05, 4.69) is 11.8 Å². The van der Waals surface area contributed by atoms with E-state index in [0.29, 0.717) is 10.6 Å². The minimum Gasteiger partial charge on any atom is -0.293 e. The predicted molar refractivity (Wildman–Crippen MR) is 75.2 cm³/mol. The zero-order valence-electron chi connectivity index (χ0n) is 11.0. The summed E-state index contributed by atoms with van der Waals surface area (Å²) in [5.74, 6) is 0.960. The second-order valence-corrected chi connectivity index (χ2v) is 5.71. The molecule has 18 heavy (non-hydrogen) atoms. The van der Waals surface area contributed by atoms with Gasteiger partial charge in [-0.15, -0.1) is 0 Å². The molecule has 1 aromatic carbocycles. The van der Waals surface area contributed by atoms with Crippen LogP contribution < -0.4 is 0 Å². The summed E-state index contributed by atoms with van der Waals surface area (Å²) in [6.07, 6.45) is 2.38. The first-order valence-electron chi connectivity index (χ1n) is 6.62. The van der Waals surface area contributed by atoms with Crippen molar-refractivity contribution in [2.75, 3.05) is 13.1 Å². The van der Waals surface area contributed by atoms with Crippen LogP contribution in [-0.2, 0) is 0 Å². The molecule has 2 rings (SSSR count). The average Bonchev–Trinajstić information content (AvgIpc) is 2.38. The maximum absolute atomic E-state index is 12.4. The number of Topliss-reactive ketones (excluding diaryl/α,β-unsaturated/α-hetero) is 1. The van der Waals surface area contributed by atoms with Crippen LogP contribution in [0.2, 0.25) is 5.02 Å². The summed E-state index contributed by atoms with van der Waals surface area (Å²) in [6.45, 7) is 6.32. The Morgan fingerprint density at radius 1 is 1.39 bits per heavy atom. The third-order valence-corrected chi connectivity index (χ3v) is 4.09. The third kappa shape index (κ3) is 3.12. The fraction of sp³-hybridized carbons (Fsp3) is 0.533. The van der Waals surface area contributed by atoms with E-state index in [1.54, 1.807) is 12.1 Å². The van der Waals surface area contributed by atoms with Gasteiger partial charge in [0.1, 0.15) is 0 Å². The van der Waals surface area contributed by atoms with E-state index in [0.717, 1.165) is 19.0 Å². The molecule has 0 aromatic heterocycles. The van der Waals surface area contributed by atoms with Crippen molar-refractivity contribution >= 4 is 17.4 Å². The molecule has 0 aliphatic carbocycles. The molecule has 1 saturated heterocycles. The number of ketones is 1. The van der Waals surface area contributed by atoms with Gasteiger partial charge in [-0.2, -0.15) is 0 Å². The Bertz CT molecular complexity index is 424. The van der Waals surface area contributed by atoms with Crippen LogP contribution in [0.15, 0.2) is 24.3 Å². The monoisotopic (exact) mass is 265 g/mol. The number of benzene rings is 1. The largest absolute Gasteiger partial charge is 0.293 e. The number of carbonyl (C=O) groups is 1. The van der Waals surface area contributed by atoms with Gasteiger partial charge in [0, 0.05) is 10.6 Å². The lowest BCUT2D eigenvalue weighted by Crippen LogP contribution is -2.43. The Morgan fingerprint density at radius 2 is 2.06 bits per heavy atom. The normalized spacial score (nSPS) is 19.7. The molecule has 1 atom stereocenters. The number of hydrogen-bond acceptors (Lipinski definition) is 2. The second-order valence-electron chi connectivity index (χ2n) is 5.27. The Kier molecular flexibility index (Phi) is 4.41. The molecule has 0 N–H and O–H groups in total. The summed E-state index contributed by atoms with van der Waals surface area (Å²) < 4.78 is 0. The molecule has 0 bridgehead atoms. The van der Waals surface area contributed by atoms with Gasteiger partial charge in [0.15, 0.2) is 5.78 Å². The molecular formula is C15H20ClNO. The average molecular weight is 266 g/mol. The summed E-state index contributed by atoms with van der Waals surface area (Å²) in [5, 5.41) is 0.625. The topological polar surface area (TPSA) is 20.3 Å². The van der Waals surface area contributed by atoms with Crippen molar-refractivity contribution in [2.45, 2.75) is 32.7 Å². The van der Waals surface area contributed by atoms with Crippen LogP contribution in [0.5, 0.6) is 0 Å². The molecule has 1 heterocycles. The van der Waals surface area contributed by atoms with Crippen LogP contribution in [0, 0.1) is 5.92 Å². The number of likely N-dealkylation sites (tertiary alicyclic amines) is 1. The van der Waals surface area contributed by atoms with Crippen molar-refractivity contribution in [3.05, 3.63) is 34.9 Å². The molecule has 2 nitrogen and oxygen atoms in total. The summed E-state index contributed by atoms with van der Waals surface area (Å²) >= 11 is 5.93. The highest BCUT2D eigenvalue weighted by atomic mass is 35.5. The van der Waals surface area contributed by atoms with Crippen molar-refractivity contribution in [3.63, 3.8) is 0 Å². The zero-order valence-corrected chi connectivity index (χ0v) is 11.8. The Morgan fingerprint density at radius 3 is 2.67 bits per heavy atom. The van der Waals surface area contributed by atoms with Gasteiger partial charge in [-0.05, 0) is 50.9 Å². The summed E-state index contributed by atoms with van der Waals surface area (Å²) in [4.78, 5) is 14.7. The van der Waals surface area contributed by atoms with E-state index in [4.69, 9.17) is 11.6 Å². The molecule has 1 aromatic rings. The Balaban J connectivity index is 2.04. The SMILES string of the molecule is CC1CCN(C(C)C(=O)c2cccc(Cl)c2)CC1. The van der Waals surface area contributed by atoms with Crippen molar-refractivity contribution in [3.8, 4) is 0 Å². The quantitative estimate of drug-likeness (QED) is 0.778. The summed E-state index contributed by atoms with van der Waals surface area (Å²) in [5.41, 5.74) is 0.716. The van der Waals surface area contributed by atoms with Crippen LogP contribution >= 0.6 is 11.6 Å². The first kappa shape index (κ1) is 13.6. The fourth-order valence-corrected chi connectivity index (χ4v) is 2.65. The summed E-state index contributed by atoms with van der Waals surface area (Å²) in [6, 6.07) is 7.19. The van der Waals surface area contributed by atoms with Gasteiger partial charge in [-0.3, -0.25) is 9.69 Å². The van der Waals surface area contributed by atoms with Crippen LogP contribution in [-0.4, -0.2) is 29.8 Å². The molecule has 1 aliphatic rings. The Hall–Kier alpha value is -0.860. The van der Waals surface area contributed by atoms with Crippen molar-refractivity contribution in [2.24, 2.45) is 5.92 Å². The fourth-order valence-electron chi connectivity index (χ4n) is 2.46. The van der Waals surface area contributed by atoms with Crippen LogP contribution in [0.25, 0.3) is 0 Å². The second kappa shape index (κ2) is 5.85. The first-order chi connectivity index (χ1) is 8.58. The molecule has 1 unspecified atom stereocenters. The lowest BCUT2D eigenvalue weighted by atomic mass is 9.96. The molecule has 1 aliphatic heterocycles. The number of nitrogens with zero attached hydrogens (tertiary/aromatic N) is 1. The predicted octanol–water partition coefficient (Wildman–Crippen LogP) is 3.64. The molecule has 1 fully saturated rings. The van der Waals surface area contributed by atoms with Gasteiger partial charge in [0.2, 0.25) is 0 Å². The van der Waals surface area contributed by atoms with Gasteiger partial charge in [-0.1, -0.05) is 30.7 Å².